The second-order valence-corrected chi connectivity index (χ2v) is 3.97. The first-order valence-electron chi connectivity index (χ1n) is 5.61. The van der Waals surface area contributed by atoms with Crippen LogP contribution in [0.4, 0.5) is 4.79 Å². The molecule has 0 aromatic rings. The Morgan fingerprint density at radius 3 is 2.39 bits per heavy atom. The van der Waals surface area contributed by atoms with Gasteiger partial charge in [-0.15, -0.1) is 0 Å². The normalized spacial score (nSPS) is 22.5. The van der Waals surface area contributed by atoms with Gasteiger partial charge in [0.15, 0.2) is 0 Å². The molecule has 0 N–H and O–H groups in total. The fraction of sp³-hybridized carbons (Fsp3) is 0.727. The third-order valence-corrected chi connectivity index (χ3v) is 2.67. The first-order valence-corrected chi connectivity index (χ1v) is 5.61. The third-order valence-electron chi connectivity index (χ3n) is 2.67. The molecule has 1 heterocycles. The summed E-state index contributed by atoms with van der Waals surface area (Å²) < 4.78 is 14.6. The van der Waals surface area contributed by atoms with E-state index in [-0.39, 0.29) is 6.61 Å². The zero-order valence-electron chi connectivity index (χ0n) is 10.7. The van der Waals surface area contributed by atoms with Gasteiger partial charge in [0, 0.05) is 26.8 Å². The van der Waals surface area contributed by atoms with Crippen LogP contribution in [0.2, 0.25) is 0 Å². The molecule has 1 aliphatic heterocycles. The molecule has 0 aliphatic carbocycles. The van der Waals surface area contributed by atoms with E-state index in [9.17, 15) is 14.4 Å². The van der Waals surface area contributed by atoms with E-state index in [4.69, 9.17) is 9.47 Å². The Morgan fingerprint density at radius 1 is 1.22 bits per heavy atom. The van der Waals surface area contributed by atoms with E-state index >= 15 is 0 Å². The molecule has 1 saturated heterocycles. The van der Waals surface area contributed by atoms with E-state index in [0.29, 0.717) is 13.0 Å². The maximum atomic E-state index is 11.5. The Kier molecular flexibility index (Phi) is 4.94. The molecule has 0 spiro atoms. The van der Waals surface area contributed by atoms with Crippen LogP contribution in [-0.2, 0) is 23.8 Å². The van der Waals surface area contributed by atoms with Gasteiger partial charge in [0.25, 0.3) is 0 Å². The molecule has 0 bridgehead atoms. The molecule has 0 aromatic carbocycles. The number of amides is 1. The van der Waals surface area contributed by atoms with Crippen molar-refractivity contribution in [2.45, 2.75) is 32.4 Å². The molecule has 1 rings (SSSR count). The lowest BCUT2D eigenvalue weighted by Crippen LogP contribution is -2.44. The second-order valence-electron chi connectivity index (χ2n) is 3.97. The maximum Gasteiger partial charge on any atom is 0.409 e. The van der Waals surface area contributed by atoms with Gasteiger partial charge in [0.05, 0.1) is 7.11 Å². The van der Waals surface area contributed by atoms with Crippen LogP contribution < -0.4 is 0 Å². The number of hydrogen-bond acceptors (Lipinski definition) is 6. The van der Waals surface area contributed by atoms with Crippen molar-refractivity contribution in [2.24, 2.45) is 0 Å². The van der Waals surface area contributed by atoms with Crippen LogP contribution >= 0.6 is 0 Å². The van der Waals surface area contributed by atoms with Gasteiger partial charge in [0.2, 0.25) is 0 Å². The maximum absolute atomic E-state index is 11.5. The number of rotatable bonds is 3. The average Bonchev–Trinajstić information content (AvgIpc) is 2.67. The number of likely N-dealkylation sites (tertiary alicyclic amines) is 1. The highest BCUT2D eigenvalue weighted by molar-refractivity contribution is 5.70. The molecule has 7 heteroatoms. The van der Waals surface area contributed by atoms with Crippen molar-refractivity contribution < 1.29 is 28.6 Å². The highest BCUT2D eigenvalue weighted by Crippen LogP contribution is 2.22. The molecule has 0 aromatic heterocycles. The number of carbonyl (C=O) groups excluding carboxylic acids is 3. The van der Waals surface area contributed by atoms with E-state index < -0.39 is 30.2 Å². The number of esters is 2. The fourth-order valence-electron chi connectivity index (χ4n) is 1.92. The summed E-state index contributed by atoms with van der Waals surface area (Å²) in [5.74, 6) is -0.882. The van der Waals surface area contributed by atoms with E-state index in [1.807, 2.05) is 0 Å². The van der Waals surface area contributed by atoms with Gasteiger partial charge in [-0.05, 0) is 0 Å². The van der Waals surface area contributed by atoms with Crippen molar-refractivity contribution in [3.8, 4) is 0 Å². The van der Waals surface area contributed by atoms with Gasteiger partial charge < -0.3 is 14.2 Å². The first-order chi connectivity index (χ1) is 8.45. The van der Waals surface area contributed by atoms with Gasteiger partial charge in [-0.2, -0.15) is 0 Å². The smallest absolute Gasteiger partial charge is 0.409 e. The van der Waals surface area contributed by atoms with Crippen LogP contribution in [0.5, 0.6) is 0 Å². The Bertz CT molecular complexity index is 342. The van der Waals surface area contributed by atoms with Gasteiger partial charge in [-0.25, -0.2) is 4.79 Å². The van der Waals surface area contributed by atoms with E-state index in [0.717, 1.165) is 0 Å². The Labute approximate surface area is 105 Å². The number of methoxy groups -OCH3 is 1. The topological polar surface area (TPSA) is 82.1 Å². The van der Waals surface area contributed by atoms with Crippen molar-refractivity contribution in [1.82, 2.24) is 4.90 Å². The summed E-state index contributed by atoms with van der Waals surface area (Å²) in [7, 11) is 1.27. The van der Waals surface area contributed by atoms with Crippen LogP contribution in [-0.4, -0.2) is 55.3 Å². The van der Waals surface area contributed by atoms with Crippen LogP contribution in [0.15, 0.2) is 0 Å². The summed E-state index contributed by atoms with van der Waals surface area (Å²) in [5, 5.41) is 0. The lowest BCUT2D eigenvalue weighted by atomic mass is 10.2. The van der Waals surface area contributed by atoms with E-state index in [1.165, 1.54) is 25.9 Å². The molecule has 102 valence electrons. The number of hydrogen-bond donors (Lipinski definition) is 0. The molecular formula is C11H17NO6. The lowest BCUT2D eigenvalue weighted by molar-refractivity contribution is -0.150. The van der Waals surface area contributed by atoms with Crippen molar-refractivity contribution in [2.75, 3.05) is 20.3 Å². The van der Waals surface area contributed by atoms with Crippen LogP contribution in [0.3, 0.4) is 0 Å². The molecule has 0 unspecified atom stereocenters. The zero-order chi connectivity index (χ0) is 13.7. The first kappa shape index (κ1) is 14.3. The molecule has 1 aliphatic rings. The van der Waals surface area contributed by atoms with Crippen molar-refractivity contribution >= 4 is 18.0 Å². The van der Waals surface area contributed by atoms with Gasteiger partial charge in [-0.3, -0.25) is 14.5 Å². The zero-order valence-corrected chi connectivity index (χ0v) is 10.7. The second kappa shape index (κ2) is 6.23. The largest absolute Gasteiger partial charge is 0.464 e. The monoisotopic (exact) mass is 259 g/mol. The van der Waals surface area contributed by atoms with Gasteiger partial charge in [0.1, 0.15) is 18.8 Å². The van der Waals surface area contributed by atoms with Gasteiger partial charge >= 0.3 is 18.0 Å². The predicted molar refractivity (Wildman–Crippen MR) is 59.7 cm³/mol. The van der Waals surface area contributed by atoms with E-state index in [1.54, 1.807) is 0 Å². The summed E-state index contributed by atoms with van der Waals surface area (Å²) in [6, 6.07) is -0.495. The minimum absolute atomic E-state index is 0.0115. The number of carbonyl (C=O) groups is 3. The van der Waals surface area contributed by atoms with Gasteiger partial charge in [-0.1, -0.05) is 0 Å². The molecular weight excluding hydrogens is 242 g/mol. The summed E-state index contributed by atoms with van der Waals surface area (Å²) in [6.45, 7) is 2.96. The Balaban J connectivity index is 2.71. The standard InChI is InChI=1S/C11H17NO6/c1-7(13)17-6-9-10(18-8(2)14)4-5-12(9)11(15)16-3/h9-10H,4-6H2,1-3H3/t9-,10+/m1/s1. The van der Waals surface area contributed by atoms with Crippen LogP contribution in [0.1, 0.15) is 20.3 Å². The SMILES string of the molecule is COC(=O)N1CC[C@H](OC(C)=O)[C@H]1COC(C)=O. The highest BCUT2D eigenvalue weighted by atomic mass is 16.6. The minimum atomic E-state index is -0.526. The molecule has 1 amide bonds. The predicted octanol–water partition coefficient (Wildman–Crippen LogP) is 0.322. The third kappa shape index (κ3) is 3.61. The van der Waals surface area contributed by atoms with E-state index in [2.05, 4.69) is 4.74 Å². The fourth-order valence-corrected chi connectivity index (χ4v) is 1.92. The highest BCUT2D eigenvalue weighted by Gasteiger charge is 2.40. The number of ether oxygens (including phenoxy) is 3. The molecule has 18 heavy (non-hydrogen) atoms. The van der Waals surface area contributed by atoms with Crippen LogP contribution in [0, 0.1) is 0 Å². The summed E-state index contributed by atoms with van der Waals surface area (Å²) in [5.41, 5.74) is 0. The van der Waals surface area contributed by atoms with Crippen molar-refractivity contribution in [3.05, 3.63) is 0 Å². The Hall–Kier alpha value is -1.79. The molecule has 0 saturated carbocycles. The molecule has 2 atom stereocenters. The van der Waals surface area contributed by atoms with Crippen LogP contribution in [0.25, 0.3) is 0 Å². The summed E-state index contributed by atoms with van der Waals surface area (Å²) in [4.78, 5) is 34.7. The summed E-state index contributed by atoms with van der Waals surface area (Å²) in [6.07, 6.45) is -0.497. The molecule has 7 nitrogen and oxygen atoms in total. The molecule has 1 fully saturated rings. The lowest BCUT2D eigenvalue weighted by Gasteiger charge is -2.26. The summed E-state index contributed by atoms with van der Waals surface area (Å²) >= 11 is 0. The molecule has 0 radical (unpaired) electrons. The minimum Gasteiger partial charge on any atom is -0.464 e. The Morgan fingerprint density at radius 2 is 1.89 bits per heavy atom. The number of nitrogens with zero attached hydrogens (tertiary/aromatic N) is 1. The average molecular weight is 259 g/mol. The van der Waals surface area contributed by atoms with Crippen molar-refractivity contribution in [1.29, 1.82) is 0 Å². The quantitative estimate of drug-likeness (QED) is 0.536. The van der Waals surface area contributed by atoms with Crippen molar-refractivity contribution in [3.63, 3.8) is 0 Å².